The van der Waals surface area contributed by atoms with Crippen molar-refractivity contribution in [2.45, 2.75) is 53.1 Å². The number of hydrogen-bond donors (Lipinski definition) is 1. The van der Waals surface area contributed by atoms with Gasteiger partial charge in [0.25, 0.3) is 5.91 Å². The third-order valence-electron chi connectivity index (χ3n) is 5.32. The largest absolute Gasteiger partial charge is 0.460 e. The number of esters is 1. The molecule has 1 aromatic carbocycles. The maximum atomic E-state index is 12.9. The minimum Gasteiger partial charge on any atom is -0.460 e. The van der Waals surface area contributed by atoms with Gasteiger partial charge in [-0.25, -0.2) is 4.98 Å². The fourth-order valence-corrected chi connectivity index (χ4v) is 3.68. The zero-order valence-corrected chi connectivity index (χ0v) is 20.5. The average molecular weight is 476 g/mol. The SMILES string of the molecule is Cc1ccc(-c2noc(C[C@@H](C)CC(=O)OC(C)(C)C)n2)cc1NC(=O)c1cnc2ccccn12. The van der Waals surface area contributed by atoms with Gasteiger partial charge in [0.05, 0.1) is 6.20 Å². The number of aromatic nitrogens is 4. The number of amides is 1. The number of hydrogen-bond acceptors (Lipinski definition) is 7. The minimum atomic E-state index is -0.516. The molecule has 0 aliphatic heterocycles. The van der Waals surface area contributed by atoms with Crippen molar-refractivity contribution in [1.82, 2.24) is 19.5 Å². The number of ether oxygens (including phenoxy) is 1. The second kappa shape index (κ2) is 9.69. The number of fused-ring (bicyclic) bond motifs is 1. The summed E-state index contributed by atoms with van der Waals surface area (Å²) in [6.07, 6.45) is 4.06. The van der Waals surface area contributed by atoms with Crippen LogP contribution in [0.2, 0.25) is 0 Å². The lowest BCUT2D eigenvalue weighted by Crippen LogP contribution is -2.25. The van der Waals surface area contributed by atoms with Crippen LogP contribution in [0.5, 0.6) is 0 Å². The van der Waals surface area contributed by atoms with Crippen LogP contribution in [0.25, 0.3) is 17.0 Å². The molecule has 3 aromatic heterocycles. The van der Waals surface area contributed by atoms with Crippen LogP contribution in [-0.2, 0) is 16.0 Å². The number of carbonyl (C=O) groups excluding carboxylic acids is 2. The van der Waals surface area contributed by atoms with E-state index in [4.69, 9.17) is 9.26 Å². The van der Waals surface area contributed by atoms with E-state index in [1.54, 1.807) is 16.8 Å². The van der Waals surface area contributed by atoms with Gasteiger partial charge >= 0.3 is 5.97 Å². The molecule has 0 saturated carbocycles. The Bertz CT molecular complexity index is 1370. The summed E-state index contributed by atoms with van der Waals surface area (Å²) in [5.41, 5.74) is 2.86. The second-order valence-corrected chi connectivity index (χ2v) is 9.67. The highest BCUT2D eigenvalue weighted by atomic mass is 16.6. The van der Waals surface area contributed by atoms with Crippen molar-refractivity contribution in [2.75, 3.05) is 5.32 Å². The van der Waals surface area contributed by atoms with Gasteiger partial charge in [-0.1, -0.05) is 30.3 Å². The summed E-state index contributed by atoms with van der Waals surface area (Å²) in [6, 6.07) is 11.1. The van der Waals surface area contributed by atoms with Gasteiger partial charge in [-0.05, 0) is 57.4 Å². The molecular weight excluding hydrogens is 446 g/mol. The van der Waals surface area contributed by atoms with Gasteiger partial charge in [0.15, 0.2) is 0 Å². The first-order valence-corrected chi connectivity index (χ1v) is 11.5. The predicted octanol–water partition coefficient (Wildman–Crippen LogP) is 4.86. The number of nitrogens with zero attached hydrogens (tertiary/aromatic N) is 4. The van der Waals surface area contributed by atoms with Crippen molar-refractivity contribution in [2.24, 2.45) is 5.92 Å². The Balaban J connectivity index is 1.45. The number of pyridine rings is 1. The summed E-state index contributed by atoms with van der Waals surface area (Å²) < 4.78 is 12.5. The van der Waals surface area contributed by atoms with E-state index in [-0.39, 0.29) is 24.2 Å². The molecule has 0 aliphatic rings. The molecule has 4 rings (SSSR count). The van der Waals surface area contributed by atoms with Crippen LogP contribution in [0.15, 0.2) is 53.3 Å². The highest BCUT2D eigenvalue weighted by Gasteiger charge is 2.21. The smallest absolute Gasteiger partial charge is 0.306 e. The Labute approximate surface area is 203 Å². The summed E-state index contributed by atoms with van der Waals surface area (Å²) in [5.74, 6) is 0.308. The quantitative estimate of drug-likeness (QED) is 0.380. The van der Waals surface area contributed by atoms with E-state index in [1.165, 1.54) is 0 Å². The number of benzene rings is 1. The normalized spacial score (nSPS) is 12.5. The van der Waals surface area contributed by atoms with Crippen molar-refractivity contribution in [1.29, 1.82) is 0 Å². The van der Waals surface area contributed by atoms with Crippen LogP contribution in [0.1, 0.15) is 56.1 Å². The molecule has 0 aliphatic carbocycles. The number of carbonyl (C=O) groups is 2. The van der Waals surface area contributed by atoms with Crippen LogP contribution < -0.4 is 5.32 Å². The topological polar surface area (TPSA) is 112 Å². The summed E-state index contributed by atoms with van der Waals surface area (Å²) >= 11 is 0. The molecule has 0 fully saturated rings. The molecule has 35 heavy (non-hydrogen) atoms. The third-order valence-corrected chi connectivity index (χ3v) is 5.32. The molecule has 1 N–H and O–H groups in total. The van der Waals surface area contributed by atoms with Gasteiger partial charge in [0.1, 0.15) is 16.9 Å². The Morgan fingerprint density at radius 3 is 2.77 bits per heavy atom. The van der Waals surface area contributed by atoms with Crippen molar-refractivity contribution >= 4 is 23.2 Å². The highest BCUT2D eigenvalue weighted by Crippen LogP contribution is 2.25. The molecule has 3 heterocycles. The lowest BCUT2D eigenvalue weighted by atomic mass is 10.0. The zero-order valence-electron chi connectivity index (χ0n) is 20.5. The Morgan fingerprint density at radius 2 is 2.00 bits per heavy atom. The van der Waals surface area contributed by atoms with Crippen LogP contribution in [0, 0.1) is 12.8 Å². The van der Waals surface area contributed by atoms with Gasteiger partial charge in [0.2, 0.25) is 11.7 Å². The summed E-state index contributed by atoms with van der Waals surface area (Å²) in [5, 5.41) is 7.05. The Kier molecular flexibility index (Phi) is 6.68. The van der Waals surface area contributed by atoms with E-state index < -0.39 is 5.60 Å². The van der Waals surface area contributed by atoms with Crippen molar-refractivity contribution < 1.29 is 18.8 Å². The van der Waals surface area contributed by atoms with Gasteiger partial charge in [0, 0.05) is 30.3 Å². The van der Waals surface area contributed by atoms with E-state index in [0.29, 0.717) is 40.7 Å². The first-order valence-electron chi connectivity index (χ1n) is 11.5. The molecular formula is C26H29N5O4. The molecule has 4 aromatic rings. The maximum absolute atomic E-state index is 12.9. The van der Waals surface area contributed by atoms with Crippen molar-refractivity contribution in [3.63, 3.8) is 0 Å². The molecule has 1 amide bonds. The summed E-state index contributed by atoms with van der Waals surface area (Å²) in [4.78, 5) is 33.8. The van der Waals surface area contributed by atoms with Crippen LogP contribution >= 0.6 is 0 Å². The number of rotatable bonds is 7. The monoisotopic (exact) mass is 475 g/mol. The summed E-state index contributed by atoms with van der Waals surface area (Å²) in [6.45, 7) is 9.38. The highest BCUT2D eigenvalue weighted by molar-refractivity contribution is 6.04. The van der Waals surface area contributed by atoms with Crippen LogP contribution in [-0.4, -0.2) is 37.0 Å². The second-order valence-electron chi connectivity index (χ2n) is 9.67. The molecule has 182 valence electrons. The number of imidazole rings is 1. The lowest BCUT2D eigenvalue weighted by molar-refractivity contribution is -0.155. The molecule has 9 heteroatoms. The molecule has 0 radical (unpaired) electrons. The van der Waals surface area contributed by atoms with Crippen LogP contribution in [0.4, 0.5) is 5.69 Å². The van der Waals surface area contributed by atoms with E-state index in [9.17, 15) is 9.59 Å². The van der Waals surface area contributed by atoms with E-state index in [1.807, 2.05) is 71.0 Å². The zero-order chi connectivity index (χ0) is 25.2. The first kappa shape index (κ1) is 24.1. The van der Waals surface area contributed by atoms with Gasteiger partial charge < -0.3 is 14.6 Å². The predicted molar refractivity (Wildman–Crippen MR) is 131 cm³/mol. The van der Waals surface area contributed by atoms with Crippen molar-refractivity contribution in [3.05, 3.63) is 65.9 Å². The average Bonchev–Trinajstić information content (AvgIpc) is 3.41. The Hall–Kier alpha value is -4.01. The maximum Gasteiger partial charge on any atom is 0.306 e. The molecule has 9 nitrogen and oxygen atoms in total. The number of anilines is 1. The standard InChI is InChI=1S/C26H29N5O4/c1-16(13-23(32)34-26(3,4)5)12-22-29-24(30-35-22)18-10-9-17(2)19(14-18)28-25(33)20-15-27-21-8-6-7-11-31(20)21/h6-11,14-16H,12-13H2,1-5H3,(H,28,33)/t16-/m1/s1. The fraction of sp³-hybridized carbons (Fsp3) is 0.346. The summed E-state index contributed by atoms with van der Waals surface area (Å²) in [7, 11) is 0. The molecule has 0 bridgehead atoms. The van der Waals surface area contributed by atoms with Crippen molar-refractivity contribution in [3.8, 4) is 11.4 Å². The third kappa shape index (κ3) is 5.92. The lowest BCUT2D eigenvalue weighted by Gasteiger charge is -2.20. The molecule has 0 saturated heterocycles. The fourth-order valence-electron chi connectivity index (χ4n) is 3.68. The molecule has 0 spiro atoms. The Morgan fingerprint density at radius 1 is 1.20 bits per heavy atom. The van der Waals surface area contributed by atoms with Crippen LogP contribution in [0.3, 0.4) is 0 Å². The van der Waals surface area contributed by atoms with Gasteiger partial charge in [-0.3, -0.25) is 14.0 Å². The van der Waals surface area contributed by atoms with E-state index in [0.717, 1.165) is 5.56 Å². The van der Waals surface area contributed by atoms with E-state index in [2.05, 4.69) is 20.4 Å². The van der Waals surface area contributed by atoms with E-state index >= 15 is 0 Å². The number of nitrogens with one attached hydrogen (secondary N) is 1. The van der Waals surface area contributed by atoms with Gasteiger partial charge in [-0.15, -0.1) is 0 Å². The van der Waals surface area contributed by atoms with Gasteiger partial charge in [-0.2, -0.15) is 4.98 Å². The molecule has 1 atom stereocenters. The number of aryl methyl sites for hydroxylation is 1. The minimum absolute atomic E-state index is 0.0171. The molecule has 0 unspecified atom stereocenters. The first-order chi connectivity index (χ1) is 16.6.